The molecule has 0 saturated heterocycles. The van der Waals surface area contributed by atoms with Crippen LogP contribution in [0.5, 0.6) is 0 Å². The molecule has 2 rings (SSSR count). The zero-order valence-corrected chi connectivity index (χ0v) is 16.2. The van der Waals surface area contributed by atoms with Gasteiger partial charge in [-0.3, -0.25) is 9.59 Å². The molecule has 0 spiro atoms. The number of Topliss-reactive ketones (excluding diaryl/α,β-unsaturated/α-hetero) is 1. The number of rotatable bonds is 5. The molecule has 2 aliphatic carbocycles. The SMILES string of the molecule is CCC(=O)[C]1[CH][CH][CH][C]1C(=O)N(C(C)C)C(C)C.[CH]1[CH][CH][CH][CH]1.[Fe+2]. The van der Waals surface area contributed by atoms with E-state index in [2.05, 4.69) is 0 Å². The molecular formula is C20H27FeNO2+2. The van der Waals surface area contributed by atoms with Crippen molar-refractivity contribution in [2.45, 2.75) is 53.1 Å². The zero-order valence-electron chi connectivity index (χ0n) is 15.1. The number of hydrogen-bond acceptors (Lipinski definition) is 2. The summed E-state index contributed by atoms with van der Waals surface area (Å²) in [5, 5.41) is 0. The second-order valence-corrected chi connectivity index (χ2v) is 5.99. The van der Waals surface area contributed by atoms with Crippen molar-refractivity contribution in [2.75, 3.05) is 0 Å². The normalized spacial score (nSPS) is 18.3. The first-order chi connectivity index (χ1) is 10.9. The summed E-state index contributed by atoms with van der Waals surface area (Å²) < 4.78 is 0. The van der Waals surface area contributed by atoms with Crippen LogP contribution in [0.1, 0.15) is 41.0 Å². The fraction of sp³-hybridized carbons (Fsp3) is 0.400. The molecule has 0 N–H and O–H groups in total. The molecule has 3 nitrogen and oxygen atoms in total. The third-order valence-corrected chi connectivity index (χ3v) is 3.57. The van der Waals surface area contributed by atoms with Crippen LogP contribution in [0.2, 0.25) is 0 Å². The standard InChI is InChI=1S/C15H22NO2.C5H5.Fe/c1-6-14(17)12-8-7-9-13(12)15(18)16(10(2)3)11(4)5;1-2-4-5-3-1;/h7-11H,6H2,1-5H3;1-5H;/q;;+2. The number of hydrogen-bond donors (Lipinski definition) is 0. The van der Waals surface area contributed by atoms with Gasteiger partial charge >= 0.3 is 17.1 Å². The van der Waals surface area contributed by atoms with E-state index < -0.39 is 0 Å². The van der Waals surface area contributed by atoms with Gasteiger partial charge in [-0.25, -0.2) is 0 Å². The van der Waals surface area contributed by atoms with Gasteiger partial charge in [-0.15, -0.1) is 0 Å². The summed E-state index contributed by atoms with van der Waals surface area (Å²) in [7, 11) is 0. The fourth-order valence-electron chi connectivity index (χ4n) is 2.57. The summed E-state index contributed by atoms with van der Waals surface area (Å²) in [4.78, 5) is 26.1. The van der Waals surface area contributed by atoms with E-state index in [9.17, 15) is 9.59 Å². The van der Waals surface area contributed by atoms with E-state index in [1.165, 1.54) is 0 Å². The van der Waals surface area contributed by atoms with E-state index in [0.717, 1.165) is 0 Å². The van der Waals surface area contributed by atoms with E-state index in [4.69, 9.17) is 0 Å². The van der Waals surface area contributed by atoms with Crippen LogP contribution in [0.25, 0.3) is 0 Å². The Labute approximate surface area is 159 Å². The van der Waals surface area contributed by atoms with Gasteiger partial charge in [-0.2, -0.15) is 0 Å². The zero-order chi connectivity index (χ0) is 17.4. The minimum absolute atomic E-state index is 0. The van der Waals surface area contributed by atoms with Crippen LogP contribution < -0.4 is 0 Å². The van der Waals surface area contributed by atoms with Gasteiger partial charge in [0.2, 0.25) is 5.91 Å². The van der Waals surface area contributed by atoms with Crippen LogP contribution in [0.3, 0.4) is 0 Å². The molecule has 0 bridgehead atoms. The van der Waals surface area contributed by atoms with Crippen molar-refractivity contribution in [1.29, 1.82) is 0 Å². The molecule has 1 amide bonds. The van der Waals surface area contributed by atoms with E-state index in [-0.39, 0.29) is 40.8 Å². The summed E-state index contributed by atoms with van der Waals surface area (Å²) in [6.07, 6.45) is 15.7. The smallest absolute Gasteiger partial charge is 0.337 e. The number of ketones is 1. The van der Waals surface area contributed by atoms with E-state index in [0.29, 0.717) is 18.3 Å². The molecule has 2 fully saturated rings. The van der Waals surface area contributed by atoms with E-state index in [1.807, 2.05) is 71.6 Å². The molecule has 4 heteroatoms. The molecule has 0 aromatic heterocycles. The summed E-state index contributed by atoms with van der Waals surface area (Å²) in [6.45, 7) is 9.76. The van der Waals surface area contributed by atoms with Crippen molar-refractivity contribution in [3.8, 4) is 0 Å². The maximum absolute atomic E-state index is 12.5. The Morgan fingerprint density at radius 3 is 1.62 bits per heavy atom. The average Bonchev–Trinajstić information content (AvgIpc) is 3.19. The second kappa shape index (κ2) is 12.1. The Hall–Kier alpha value is -0.341. The van der Waals surface area contributed by atoms with Gasteiger partial charge in [-0.05, 0) is 79.1 Å². The van der Waals surface area contributed by atoms with Crippen LogP contribution in [-0.2, 0) is 26.7 Å². The van der Waals surface area contributed by atoms with Gasteiger partial charge in [0.25, 0.3) is 0 Å². The molecule has 0 aliphatic heterocycles. The minimum Gasteiger partial charge on any atom is -0.337 e. The van der Waals surface area contributed by atoms with Crippen LogP contribution in [-0.4, -0.2) is 28.7 Å². The van der Waals surface area contributed by atoms with Gasteiger partial charge in [0.05, 0.1) is 11.8 Å². The van der Waals surface area contributed by atoms with Crippen molar-refractivity contribution in [3.63, 3.8) is 0 Å². The quantitative estimate of drug-likeness (QED) is 0.697. The molecule has 10 radical (unpaired) electrons. The van der Waals surface area contributed by atoms with Gasteiger partial charge < -0.3 is 4.90 Å². The molecule has 0 atom stereocenters. The third-order valence-electron chi connectivity index (χ3n) is 3.57. The second-order valence-electron chi connectivity index (χ2n) is 5.99. The van der Waals surface area contributed by atoms with Gasteiger partial charge in [0, 0.05) is 18.5 Å². The monoisotopic (exact) mass is 369 g/mol. The Morgan fingerprint density at radius 1 is 0.833 bits per heavy atom. The van der Waals surface area contributed by atoms with Crippen molar-refractivity contribution in [1.82, 2.24) is 4.90 Å². The molecular weight excluding hydrogens is 342 g/mol. The van der Waals surface area contributed by atoms with Crippen molar-refractivity contribution in [3.05, 3.63) is 63.2 Å². The first-order valence-electron chi connectivity index (χ1n) is 8.18. The van der Waals surface area contributed by atoms with Crippen LogP contribution in [0.4, 0.5) is 0 Å². The maximum atomic E-state index is 12.5. The average molecular weight is 369 g/mol. The van der Waals surface area contributed by atoms with Crippen molar-refractivity contribution in [2.24, 2.45) is 0 Å². The minimum atomic E-state index is -0.0539. The predicted octanol–water partition coefficient (Wildman–Crippen LogP) is 3.41. The molecule has 2 saturated carbocycles. The van der Waals surface area contributed by atoms with Crippen LogP contribution in [0.15, 0.2) is 0 Å². The summed E-state index contributed by atoms with van der Waals surface area (Å²) >= 11 is 0. The summed E-state index contributed by atoms with van der Waals surface area (Å²) in [6, 6.07) is 0.244. The molecule has 0 aromatic carbocycles. The number of nitrogens with zero attached hydrogens (tertiary/aromatic N) is 1. The number of carbonyl (C=O) groups excluding carboxylic acids is 2. The summed E-state index contributed by atoms with van der Waals surface area (Å²) in [5.74, 6) is 1.05. The molecule has 0 heterocycles. The van der Waals surface area contributed by atoms with Gasteiger partial charge in [0.1, 0.15) is 5.78 Å². The third kappa shape index (κ3) is 6.88. The molecule has 130 valence electrons. The Balaban J connectivity index is 0.000000751. The maximum Gasteiger partial charge on any atom is 2.00 e. The van der Waals surface area contributed by atoms with Gasteiger partial charge in [-0.1, -0.05) is 6.92 Å². The van der Waals surface area contributed by atoms with E-state index in [1.54, 1.807) is 19.3 Å². The number of amides is 1. The topological polar surface area (TPSA) is 37.4 Å². The molecule has 2 aliphatic rings. The molecule has 0 aromatic rings. The number of carbonyl (C=O) groups is 2. The molecule has 0 unspecified atom stereocenters. The van der Waals surface area contributed by atoms with Crippen molar-refractivity contribution < 1.29 is 26.7 Å². The Morgan fingerprint density at radius 2 is 1.25 bits per heavy atom. The van der Waals surface area contributed by atoms with Crippen molar-refractivity contribution >= 4 is 11.7 Å². The molecule has 24 heavy (non-hydrogen) atoms. The first kappa shape index (κ1) is 23.7. The Bertz CT molecular complexity index is 362. The summed E-state index contributed by atoms with van der Waals surface area (Å²) in [5.41, 5.74) is 0. The van der Waals surface area contributed by atoms with Crippen LogP contribution >= 0.6 is 0 Å². The largest absolute Gasteiger partial charge is 2.00 e. The predicted molar refractivity (Wildman–Crippen MR) is 93.3 cm³/mol. The fourth-order valence-corrected chi connectivity index (χ4v) is 2.57. The van der Waals surface area contributed by atoms with Gasteiger partial charge in [0.15, 0.2) is 0 Å². The Kier molecular flexibility index (Phi) is 11.9. The van der Waals surface area contributed by atoms with Crippen LogP contribution in [0, 0.1) is 63.2 Å². The first-order valence-corrected chi connectivity index (χ1v) is 8.18. The van der Waals surface area contributed by atoms with E-state index >= 15 is 0 Å².